The van der Waals surface area contributed by atoms with Crippen LogP contribution in [0.2, 0.25) is 0 Å². The summed E-state index contributed by atoms with van der Waals surface area (Å²) in [5.41, 5.74) is 5.38. The Kier molecular flexibility index (Phi) is 3.47. The van der Waals surface area contributed by atoms with E-state index in [0.717, 1.165) is 0 Å². The maximum Gasteiger partial charge on any atom is 0.242 e. The minimum absolute atomic E-state index is 0.0764. The summed E-state index contributed by atoms with van der Waals surface area (Å²) >= 11 is 0. The minimum atomic E-state index is -0.240. The zero-order valence-corrected chi connectivity index (χ0v) is 7.97. The average molecular weight is 198 g/mol. The van der Waals surface area contributed by atoms with Crippen molar-refractivity contribution >= 4 is 11.7 Å². The second kappa shape index (κ2) is 4.61. The summed E-state index contributed by atoms with van der Waals surface area (Å²) in [7, 11) is 0. The largest absolute Gasteiger partial charge is 0.394 e. The smallest absolute Gasteiger partial charge is 0.242 e. The van der Waals surface area contributed by atoms with Crippen molar-refractivity contribution in [2.75, 3.05) is 12.3 Å². The molecule has 0 aliphatic heterocycles. The highest BCUT2D eigenvalue weighted by Gasteiger charge is 2.06. The number of nitrogens with two attached hydrogens (primary N) is 1. The van der Waals surface area contributed by atoms with E-state index in [4.69, 9.17) is 10.8 Å². The number of hydrogen-bond donors (Lipinski definition) is 3. The third-order valence-corrected chi connectivity index (χ3v) is 1.65. The number of aliphatic hydroxyl groups excluding tert-OH is 1. The fraction of sp³-hybridized carbons (Fsp3) is 0.500. The van der Waals surface area contributed by atoms with E-state index < -0.39 is 0 Å². The molecule has 1 aromatic heterocycles. The van der Waals surface area contributed by atoms with E-state index in [2.05, 4.69) is 10.4 Å². The van der Waals surface area contributed by atoms with Crippen molar-refractivity contribution in [3.8, 4) is 0 Å². The number of nitrogen functional groups attached to an aromatic ring is 1. The molecule has 0 spiro atoms. The second-order valence-electron chi connectivity index (χ2n) is 3.09. The van der Waals surface area contributed by atoms with Gasteiger partial charge in [-0.1, -0.05) is 0 Å². The molecule has 0 saturated carbocycles. The van der Waals surface area contributed by atoms with Crippen LogP contribution in [0.1, 0.15) is 6.92 Å². The Morgan fingerprint density at radius 3 is 3.07 bits per heavy atom. The van der Waals surface area contributed by atoms with Gasteiger partial charge in [0, 0.05) is 12.2 Å². The van der Waals surface area contributed by atoms with Gasteiger partial charge in [-0.3, -0.25) is 9.48 Å². The molecular formula is C8H14N4O2. The number of anilines is 1. The van der Waals surface area contributed by atoms with Gasteiger partial charge in [0.05, 0.1) is 6.61 Å². The molecule has 6 nitrogen and oxygen atoms in total. The van der Waals surface area contributed by atoms with E-state index in [1.54, 1.807) is 19.2 Å². The topological polar surface area (TPSA) is 93.2 Å². The predicted octanol–water partition coefficient (Wildman–Crippen LogP) is -1.04. The quantitative estimate of drug-likeness (QED) is 0.576. The van der Waals surface area contributed by atoms with Crippen LogP contribution in [-0.2, 0) is 11.3 Å². The zero-order chi connectivity index (χ0) is 10.6. The first-order chi connectivity index (χ1) is 6.61. The highest BCUT2D eigenvalue weighted by molar-refractivity contribution is 5.75. The van der Waals surface area contributed by atoms with Crippen molar-refractivity contribution in [2.24, 2.45) is 0 Å². The van der Waals surface area contributed by atoms with E-state index in [1.165, 1.54) is 4.68 Å². The molecule has 1 aromatic rings. The Balaban J connectivity index is 2.41. The molecule has 1 heterocycles. The van der Waals surface area contributed by atoms with Gasteiger partial charge in [0.2, 0.25) is 5.91 Å². The zero-order valence-electron chi connectivity index (χ0n) is 7.97. The van der Waals surface area contributed by atoms with Gasteiger partial charge in [-0.2, -0.15) is 5.10 Å². The molecule has 1 rings (SSSR count). The normalized spacial score (nSPS) is 12.4. The molecule has 0 fully saturated rings. The van der Waals surface area contributed by atoms with Crippen LogP contribution in [0.5, 0.6) is 0 Å². The van der Waals surface area contributed by atoms with Gasteiger partial charge in [-0.15, -0.1) is 0 Å². The molecule has 4 N–H and O–H groups in total. The number of carbonyl (C=O) groups excluding carboxylic acids is 1. The molecule has 78 valence electrons. The molecule has 0 saturated heterocycles. The van der Waals surface area contributed by atoms with Crippen LogP contribution in [0.15, 0.2) is 12.3 Å². The van der Waals surface area contributed by atoms with E-state index in [0.29, 0.717) is 5.82 Å². The lowest BCUT2D eigenvalue weighted by atomic mass is 10.3. The van der Waals surface area contributed by atoms with Gasteiger partial charge in [-0.05, 0) is 13.0 Å². The number of aromatic nitrogens is 2. The Labute approximate surface area is 81.7 Å². The lowest BCUT2D eigenvalue weighted by Crippen LogP contribution is -2.37. The van der Waals surface area contributed by atoms with Gasteiger partial charge in [0.15, 0.2) is 0 Å². The molecule has 1 amide bonds. The van der Waals surface area contributed by atoms with Crippen LogP contribution >= 0.6 is 0 Å². The van der Waals surface area contributed by atoms with Crippen molar-refractivity contribution in [1.29, 1.82) is 0 Å². The lowest BCUT2D eigenvalue weighted by Gasteiger charge is -2.10. The summed E-state index contributed by atoms with van der Waals surface area (Å²) < 4.78 is 1.44. The molecule has 0 radical (unpaired) electrons. The lowest BCUT2D eigenvalue weighted by molar-refractivity contribution is -0.122. The van der Waals surface area contributed by atoms with Crippen LogP contribution in [0.3, 0.4) is 0 Å². The second-order valence-corrected chi connectivity index (χ2v) is 3.09. The van der Waals surface area contributed by atoms with Crippen LogP contribution in [0.25, 0.3) is 0 Å². The monoisotopic (exact) mass is 198 g/mol. The Morgan fingerprint density at radius 1 is 1.86 bits per heavy atom. The maximum absolute atomic E-state index is 11.3. The third kappa shape index (κ3) is 3.06. The average Bonchev–Trinajstić information content (AvgIpc) is 2.50. The maximum atomic E-state index is 11.3. The van der Waals surface area contributed by atoms with Gasteiger partial charge < -0.3 is 16.2 Å². The molecule has 1 atom stereocenters. The molecule has 0 aliphatic rings. The summed E-state index contributed by atoms with van der Waals surface area (Å²) in [6, 6.07) is 1.37. The SMILES string of the molecule is C[C@@H](CO)NC(=O)Cn1ccc(N)n1. The summed E-state index contributed by atoms with van der Waals surface area (Å²) in [4.78, 5) is 11.3. The van der Waals surface area contributed by atoms with Crippen molar-refractivity contribution in [3.63, 3.8) is 0 Å². The number of rotatable bonds is 4. The number of nitrogens with zero attached hydrogens (tertiary/aromatic N) is 2. The summed E-state index contributed by atoms with van der Waals surface area (Å²) in [6.45, 7) is 1.75. The first kappa shape index (κ1) is 10.5. The third-order valence-electron chi connectivity index (χ3n) is 1.65. The van der Waals surface area contributed by atoms with E-state index >= 15 is 0 Å². The van der Waals surface area contributed by atoms with Gasteiger partial charge in [0.25, 0.3) is 0 Å². The number of amides is 1. The Morgan fingerprint density at radius 2 is 2.57 bits per heavy atom. The minimum Gasteiger partial charge on any atom is -0.394 e. The Hall–Kier alpha value is -1.56. The number of carbonyl (C=O) groups is 1. The fourth-order valence-corrected chi connectivity index (χ4v) is 0.979. The molecule has 0 aliphatic carbocycles. The first-order valence-electron chi connectivity index (χ1n) is 4.31. The summed E-state index contributed by atoms with van der Waals surface area (Å²) in [5.74, 6) is 0.183. The number of aliphatic hydroxyl groups is 1. The summed E-state index contributed by atoms with van der Waals surface area (Å²) in [5, 5.41) is 15.1. The van der Waals surface area contributed by atoms with Crippen molar-refractivity contribution in [2.45, 2.75) is 19.5 Å². The molecular weight excluding hydrogens is 184 g/mol. The van der Waals surface area contributed by atoms with Crippen LogP contribution in [0.4, 0.5) is 5.82 Å². The number of nitrogens with one attached hydrogen (secondary N) is 1. The van der Waals surface area contributed by atoms with Crippen LogP contribution in [0, 0.1) is 0 Å². The summed E-state index contributed by atoms with van der Waals surface area (Å²) in [6.07, 6.45) is 1.62. The molecule has 14 heavy (non-hydrogen) atoms. The van der Waals surface area contributed by atoms with Crippen molar-refractivity contribution in [1.82, 2.24) is 15.1 Å². The first-order valence-corrected chi connectivity index (χ1v) is 4.31. The molecule has 0 bridgehead atoms. The van der Waals surface area contributed by atoms with Crippen LogP contribution in [-0.4, -0.2) is 33.4 Å². The Bertz CT molecular complexity index is 310. The van der Waals surface area contributed by atoms with Gasteiger partial charge >= 0.3 is 0 Å². The van der Waals surface area contributed by atoms with Crippen molar-refractivity contribution < 1.29 is 9.90 Å². The highest BCUT2D eigenvalue weighted by Crippen LogP contribution is 1.95. The van der Waals surface area contributed by atoms with Crippen molar-refractivity contribution in [3.05, 3.63) is 12.3 Å². The van der Waals surface area contributed by atoms with Gasteiger partial charge in [-0.25, -0.2) is 0 Å². The van der Waals surface area contributed by atoms with E-state index in [-0.39, 0.29) is 25.1 Å². The molecule has 6 heteroatoms. The number of hydrogen-bond acceptors (Lipinski definition) is 4. The predicted molar refractivity (Wildman–Crippen MR) is 51.3 cm³/mol. The fourth-order valence-electron chi connectivity index (χ4n) is 0.979. The van der Waals surface area contributed by atoms with E-state index in [1.807, 2.05) is 0 Å². The standard InChI is InChI=1S/C8H14N4O2/c1-6(5-13)10-8(14)4-12-3-2-7(9)11-12/h2-3,6,13H,4-5H2,1H3,(H2,9,11)(H,10,14)/t6-/m0/s1. The van der Waals surface area contributed by atoms with E-state index in [9.17, 15) is 4.79 Å². The molecule has 0 aromatic carbocycles. The van der Waals surface area contributed by atoms with Crippen LogP contribution < -0.4 is 11.1 Å². The molecule has 0 unspecified atom stereocenters. The highest BCUT2D eigenvalue weighted by atomic mass is 16.3. The van der Waals surface area contributed by atoms with Gasteiger partial charge in [0.1, 0.15) is 12.4 Å².